The van der Waals surface area contributed by atoms with Crippen LogP contribution >= 0.6 is 0 Å². The minimum absolute atomic E-state index is 0.0281. The van der Waals surface area contributed by atoms with Gasteiger partial charge in [-0.05, 0) is 29.8 Å². The first-order valence-corrected chi connectivity index (χ1v) is 8.10. The van der Waals surface area contributed by atoms with Crippen LogP contribution in [0.5, 0.6) is 0 Å². The number of non-ortho nitro benzene ring substituents is 1. The predicted octanol–water partition coefficient (Wildman–Crippen LogP) is 4.57. The number of hydrogen-bond acceptors (Lipinski definition) is 3. The molecule has 0 aliphatic carbocycles. The molecule has 3 aromatic carbocycles. The molecule has 0 aliphatic heterocycles. The average molecular weight is 342 g/mol. The SMILES string of the molecule is O=c1cc(-c2ccccc2)n(-c2ccc([N+](=O)[O-])cc2)c2ccccc12. The van der Waals surface area contributed by atoms with Crippen molar-refractivity contribution in [3.63, 3.8) is 0 Å². The molecule has 0 radical (unpaired) electrons. The number of nitrogens with zero attached hydrogens (tertiary/aromatic N) is 2. The van der Waals surface area contributed by atoms with Crippen molar-refractivity contribution >= 4 is 16.6 Å². The van der Waals surface area contributed by atoms with Gasteiger partial charge in [0.25, 0.3) is 5.69 Å². The van der Waals surface area contributed by atoms with E-state index in [1.165, 1.54) is 12.1 Å². The summed E-state index contributed by atoms with van der Waals surface area (Å²) in [6, 6.07) is 24.9. The van der Waals surface area contributed by atoms with Crippen molar-refractivity contribution in [1.82, 2.24) is 4.57 Å². The molecular weight excluding hydrogens is 328 g/mol. The smallest absolute Gasteiger partial charge is 0.269 e. The quantitative estimate of drug-likeness (QED) is 0.405. The third-order valence-corrected chi connectivity index (χ3v) is 4.31. The first-order valence-electron chi connectivity index (χ1n) is 8.10. The number of nitro groups is 1. The Balaban J connectivity index is 2.07. The summed E-state index contributed by atoms with van der Waals surface area (Å²) in [6.45, 7) is 0. The van der Waals surface area contributed by atoms with Gasteiger partial charge in [0, 0.05) is 29.3 Å². The first kappa shape index (κ1) is 15.8. The van der Waals surface area contributed by atoms with Gasteiger partial charge in [0.2, 0.25) is 0 Å². The zero-order valence-electron chi connectivity index (χ0n) is 13.7. The predicted molar refractivity (Wildman–Crippen MR) is 102 cm³/mol. The molecule has 0 bridgehead atoms. The van der Waals surface area contributed by atoms with Crippen LogP contribution in [0.3, 0.4) is 0 Å². The molecule has 26 heavy (non-hydrogen) atoms. The van der Waals surface area contributed by atoms with Crippen LogP contribution in [0.25, 0.3) is 27.8 Å². The normalized spacial score (nSPS) is 10.8. The monoisotopic (exact) mass is 342 g/mol. The summed E-state index contributed by atoms with van der Waals surface area (Å²) in [5.41, 5.74) is 3.12. The molecule has 126 valence electrons. The van der Waals surface area contributed by atoms with Gasteiger partial charge in [-0.15, -0.1) is 0 Å². The lowest BCUT2D eigenvalue weighted by Crippen LogP contribution is -2.10. The van der Waals surface area contributed by atoms with Gasteiger partial charge < -0.3 is 4.57 Å². The maximum Gasteiger partial charge on any atom is 0.269 e. The second-order valence-corrected chi connectivity index (χ2v) is 5.89. The Bertz CT molecular complexity index is 1160. The van der Waals surface area contributed by atoms with Crippen LogP contribution in [0.1, 0.15) is 0 Å². The largest absolute Gasteiger partial charge is 0.309 e. The highest BCUT2D eigenvalue weighted by atomic mass is 16.6. The molecule has 5 nitrogen and oxygen atoms in total. The van der Waals surface area contributed by atoms with Gasteiger partial charge in [-0.2, -0.15) is 0 Å². The van der Waals surface area contributed by atoms with Crippen LogP contribution in [0.15, 0.2) is 89.7 Å². The van der Waals surface area contributed by atoms with Crippen molar-refractivity contribution in [3.8, 4) is 16.9 Å². The molecule has 4 aromatic rings. The van der Waals surface area contributed by atoms with Crippen LogP contribution in [0, 0.1) is 10.1 Å². The number of benzene rings is 3. The van der Waals surface area contributed by atoms with E-state index in [4.69, 9.17) is 0 Å². The van der Waals surface area contributed by atoms with E-state index in [1.54, 1.807) is 24.3 Å². The third-order valence-electron chi connectivity index (χ3n) is 4.31. The Kier molecular flexibility index (Phi) is 3.82. The lowest BCUT2D eigenvalue weighted by atomic mass is 10.1. The molecule has 0 fully saturated rings. The molecule has 0 aliphatic rings. The molecule has 0 spiro atoms. The number of hydrogen-bond donors (Lipinski definition) is 0. The highest BCUT2D eigenvalue weighted by Gasteiger charge is 2.13. The van der Waals surface area contributed by atoms with Crippen LogP contribution in [-0.2, 0) is 0 Å². The summed E-state index contributed by atoms with van der Waals surface area (Å²) >= 11 is 0. The third kappa shape index (κ3) is 2.65. The summed E-state index contributed by atoms with van der Waals surface area (Å²) in [7, 11) is 0. The highest BCUT2D eigenvalue weighted by molar-refractivity contribution is 5.84. The van der Waals surface area contributed by atoms with Crippen molar-refractivity contribution in [2.24, 2.45) is 0 Å². The standard InChI is InChI=1S/C21H14N2O3/c24-21-14-20(15-6-2-1-3-7-15)22(19-9-5-4-8-18(19)21)16-10-12-17(13-11-16)23(25)26/h1-14H. The Morgan fingerprint density at radius 3 is 2.15 bits per heavy atom. The zero-order chi connectivity index (χ0) is 18.1. The van der Waals surface area contributed by atoms with Gasteiger partial charge in [0.1, 0.15) is 0 Å². The van der Waals surface area contributed by atoms with E-state index in [1.807, 2.05) is 53.1 Å². The van der Waals surface area contributed by atoms with E-state index in [-0.39, 0.29) is 11.1 Å². The molecule has 4 rings (SSSR count). The molecule has 5 heteroatoms. The zero-order valence-corrected chi connectivity index (χ0v) is 13.7. The number of aromatic nitrogens is 1. The number of para-hydroxylation sites is 1. The molecular formula is C21H14N2O3. The van der Waals surface area contributed by atoms with E-state index < -0.39 is 4.92 Å². The fourth-order valence-corrected chi connectivity index (χ4v) is 3.10. The van der Waals surface area contributed by atoms with Crippen LogP contribution in [-0.4, -0.2) is 9.49 Å². The highest BCUT2D eigenvalue weighted by Crippen LogP contribution is 2.27. The minimum Gasteiger partial charge on any atom is -0.309 e. The summed E-state index contributed by atoms with van der Waals surface area (Å²) in [5.74, 6) is 0. The van der Waals surface area contributed by atoms with E-state index >= 15 is 0 Å². The average Bonchev–Trinajstić information content (AvgIpc) is 2.69. The summed E-state index contributed by atoms with van der Waals surface area (Å²) in [6.07, 6.45) is 0. The van der Waals surface area contributed by atoms with Crippen molar-refractivity contribution < 1.29 is 4.92 Å². The van der Waals surface area contributed by atoms with Crippen LogP contribution in [0.2, 0.25) is 0 Å². The van der Waals surface area contributed by atoms with E-state index in [2.05, 4.69) is 0 Å². The van der Waals surface area contributed by atoms with Gasteiger partial charge in [0.15, 0.2) is 5.43 Å². The van der Waals surface area contributed by atoms with E-state index in [9.17, 15) is 14.9 Å². The lowest BCUT2D eigenvalue weighted by Gasteiger charge is -2.17. The molecule has 0 atom stereocenters. The molecule has 1 aromatic heterocycles. The minimum atomic E-state index is -0.425. The molecule has 0 N–H and O–H groups in total. The van der Waals surface area contributed by atoms with Crippen LogP contribution < -0.4 is 5.43 Å². The molecule has 0 saturated carbocycles. The van der Waals surface area contributed by atoms with Crippen molar-refractivity contribution in [3.05, 3.63) is 105 Å². The van der Waals surface area contributed by atoms with Gasteiger partial charge in [-0.25, -0.2) is 0 Å². The number of pyridine rings is 1. The molecule has 0 amide bonds. The first-order chi connectivity index (χ1) is 12.6. The summed E-state index contributed by atoms with van der Waals surface area (Å²) in [5, 5.41) is 11.6. The Morgan fingerprint density at radius 1 is 0.808 bits per heavy atom. The van der Waals surface area contributed by atoms with Crippen molar-refractivity contribution in [2.75, 3.05) is 0 Å². The van der Waals surface area contributed by atoms with Crippen LogP contribution in [0.4, 0.5) is 5.69 Å². The van der Waals surface area contributed by atoms with Crippen molar-refractivity contribution in [1.29, 1.82) is 0 Å². The fourth-order valence-electron chi connectivity index (χ4n) is 3.10. The number of rotatable bonds is 3. The number of fused-ring (bicyclic) bond motifs is 1. The van der Waals surface area contributed by atoms with E-state index in [0.29, 0.717) is 5.39 Å². The van der Waals surface area contributed by atoms with Gasteiger partial charge in [-0.3, -0.25) is 14.9 Å². The summed E-state index contributed by atoms with van der Waals surface area (Å²) in [4.78, 5) is 23.1. The summed E-state index contributed by atoms with van der Waals surface area (Å²) < 4.78 is 1.95. The molecule has 0 unspecified atom stereocenters. The lowest BCUT2D eigenvalue weighted by molar-refractivity contribution is -0.384. The Morgan fingerprint density at radius 2 is 1.46 bits per heavy atom. The molecule has 0 saturated heterocycles. The van der Waals surface area contributed by atoms with Gasteiger partial charge in [0.05, 0.1) is 16.1 Å². The van der Waals surface area contributed by atoms with Gasteiger partial charge >= 0.3 is 0 Å². The second kappa shape index (κ2) is 6.29. The Labute approximate surface area is 148 Å². The van der Waals surface area contributed by atoms with Gasteiger partial charge in [-0.1, -0.05) is 42.5 Å². The fraction of sp³-hybridized carbons (Fsp3) is 0. The maximum absolute atomic E-state index is 12.6. The Hall–Kier alpha value is -3.73. The second-order valence-electron chi connectivity index (χ2n) is 5.89. The number of nitro benzene ring substituents is 1. The molecule has 1 heterocycles. The maximum atomic E-state index is 12.6. The van der Waals surface area contributed by atoms with Crippen molar-refractivity contribution in [2.45, 2.75) is 0 Å². The topological polar surface area (TPSA) is 65.1 Å². The van der Waals surface area contributed by atoms with E-state index in [0.717, 1.165) is 22.5 Å².